The van der Waals surface area contributed by atoms with Crippen molar-refractivity contribution in [2.24, 2.45) is 0 Å². The third kappa shape index (κ3) is 2.97. The molecule has 5 heteroatoms. The standard InChI is InChI=1S/C22H16O4S/c23-21-17-13-7-8-14-18(17)22(27(24,25)26)20(16-11-5-2-6-12-16)19(21)15-9-3-1-4-10-15/h1-14,23H,(H,24,25,26). The summed E-state index contributed by atoms with van der Waals surface area (Å²) < 4.78 is 34.9. The highest BCUT2D eigenvalue weighted by Crippen LogP contribution is 2.47. The summed E-state index contributed by atoms with van der Waals surface area (Å²) in [5, 5.41) is 11.7. The highest BCUT2D eigenvalue weighted by Gasteiger charge is 2.27. The largest absolute Gasteiger partial charge is 0.507 e. The van der Waals surface area contributed by atoms with Crippen molar-refractivity contribution in [3.63, 3.8) is 0 Å². The molecule has 0 radical (unpaired) electrons. The number of benzene rings is 4. The third-order valence-electron chi connectivity index (χ3n) is 4.52. The Morgan fingerprint density at radius 2 is 1.04 bits per heavy atom. The molecular formula is C22H16O4S. The summed E-state index contributed by atoms with van der Waals surface area (Å²) >= 11 is 0. The minimum atomic E-state index is -4.57. The molecule has 4 aromatic carbocycles. The van der Waals surface area contributed by atoms with Crippen molar-refractivity contribution in [3.05, 3.63) is 84.9 Å². The number of hydrogen-bond acceptors (Lipinski definition) is 3. The molecule has 0 fully saturated rings. The van der Waals surface area contributed by atoms with Gasteiger partial charge in [0.2, 0.25) is 0 Å². The van der Waals surface area contributed by atoms with Gasteiger partial charge in [0.25, 0.3) is 10.1 Å². The predicted octanol–water partition coefficient (Wildman–Crippen LogP) is 5.13. The second-order valence-electron chi connectivity index (χ2n) is 6.18. The molecule has 27 heavy (non-hydrogen) atoms. The first-order valence-electron chi connectivity index (χ1n) is 8.34. The van der Waals surface area contributed by atoms with Gasteiger partial charge in [0.1, 0.15) is 10.6 Å². The van der Waals surface area contributed by atoms with Crippen molar-refractivity contribution in [2.75, 3.05) is 0 Å². The first-order chi connectivity index (χ1) is 13.0. The summed E-state index contributed by atoms with van der Waals surface area (Å²) in [5.41, 5.74) is 1.89. The Kier molecular flexibility index (Phi) is 4.18. The molecule has 0 amide bonds. The van der Waals surface area contributed by atoms with Gasteiger partial charge in [-0.2, -0.15) is 8.42 Å². The van der Waals surface area contributed by atoms with Gasteiger partial charge < -0.3 is 5.11 Å². The zero-order valence-electron chi connectivity index (χ0n) is 14.2. The first-order valence-corrected chi connectivity index (χ1v) is 9.78. The van der Waals surface area contributed by atoms with Gasteiger partial charge in [0.15, 0.2) is 0 Å². The molecule has 0 bridgehead atoms. The SMILES string of the molecule is O=S(=O)(O)c1c(-c2ccccc2)c(-c2ccccc2)c(O)c2ccccc12. The Hall–Kier alpha value is -3.15. The van der Waals surface area contributed by atoms with Crippen LogP contribution in [-0.2, 0) is 10.1 Å². The lowest BCUT2D eigenvalue weighted by atomic mass is 9.90. The van der Waals surface area contributed by atoms with Crippen molar-refractivity contribution in [1.82, 2.24) is 0 Å². The summed E-state index contributed by atoms with van der Waals surface area (Å²) in [5.74, 6) is -0.0250. The number of rotatable bonds is 3. The maximum atomic E-state index is 12.4. The lowest BCUT2D eigenvalue weighted by Crippen LogP contribution is -2.04. The number of fused-ring (bicyclic) bond motifs is 1. The molecule has 0 saturated heterocycles. The zero-order valence-corrected chi connectivity index (χ0v) is 15.0. The Balaban J connectivity index is 2.30. The molecular weight excluding hydrogens is 360 g/mol. The van der Waals surface area contributed by atoms with Gasteiger partial charge in [-0.3, -0.25) is 4.55 Å². The van der Waals surface area contributed by atoms with Crippen LogP contribution in [0.2, 0.25) is 0 Å². The molecule has 0 unspecified atom stereocenters. The zero-order chi connectivity index (χ0) is 19.0. The van der Waals surface area contributed by atoms with Crippen LogP contribution in [0.3, 0.4) is 0 Å². The van der Waals surface area contributed by atoms with E-state index in [1.807, 2.05) is 24.3 Å². The molecule has 4 aromatic rings. The third-order valence-corrected chi connectivity index (χ3v) is 5.46. The van der Waals surface area contributed by atoms with Crippen LogP contribution >= 0.6 is 0 Å². The first kappa shape index (κ1) is 17.3. The van der Waals surface area contributed by atoms with E-state index in [9.17, 15) is 18.1 Å². The highest BCUT2D eigenvalue weighted by atomic mass is 32.2. The summed E-state index contributed by atoms with van der Waals surface area (Å²) in [6.07, 6.45) is 0. The molecule has 2 N–H and O–H groups in total. The molecule has 0 atom stereocenters. The molecule has 0 aliphatic heterocycles. The Labute approximate surface area is 157 Å². The van der Waals surface area contributed by atoms with E-state index in [2.05, 4.69) is 0 Å². The average Bonchev–Trinajstić information content (AvgIpc) is 2.68. The van der Waals surface area contributed by atoms with Crippen LogP contribution in [0.1, 0.15) is 0 Å². The summed E-state index contributed by atoms with van der Waals surface area (Å²) in [6, 6.07) is 24.6. The molecule has 0 heterocycles. The molecule has 0 spiro atoms. The maximum Gasteiger partial charge on any atom is 0.295 e. The quantitative estimate of drug-likeness (QED) is 0.486. The summed E-state index contributed by atoms with van der Waals surface area (Å²) in [6.45, 7) is 0. The number of hydrogen-bond donors (Lipinski definition) is 2. The minimum absolute atomic E-state index is 0.0250. The van der Waals surface area contributed by atoms with E-state index in [0.717, 1.165) is 0 Å². The second kappa shape index (κ2) is 6.54. The topological polar surface area (TPSA) is 74.6 Å². The monoisotopic (exact) mass is 376 g/mol. The number of phenolic OH excluding ortho intramolecular Hbond substituents is 1. The van der Waals surface area contributed by atoms with Gasteiger partial charge >= 0.3 is 0 Å². The molecule has 0 aliphatic carbocycles. The lowest BCUT2D eigenvalue weighted by molar-refractivity contribution is 0.481. The number of aromatic hydroxyl groups is 1. The summed E-state index contributed by atoms with van der Waals surface area (Å²) in [4.78, 5) is -0.207. The molecule has 134 valence electrons. The van der Waals surface area contributed by atoms with Crippen LogP contribution in [0.4, 0.5) is 0 Å². The van der Waals surface area contributed by atoms with Gasteiger partial charge in [-0.15, -0.1) is 0 Å². The average molecular weight is 376 g/mol. The van der Waals surface area contributed by atoms with Crippen molar-refractivity contribution < 1.29 is 18.1 Å². The molecule has 0 aliphatic rings. The van der Waals surface area contributed by atoms with Gasteiger partial charge in [-0.25, -0.2) is 0 Å². The maximum absolute atomic E-state index is 12.4. The van der Waals surface area contributed by atoms with E-state index in [4.69, 9.17) is 0 Å². The van der Waals surface area contributed by atoms with E-state index in [0.29, 0.717) is 22.1 Å². The van der Waals surface area contributed by atoms with E-state index < -0.39 is 10.1 Å². The Morgan fingerprint density at radius 3 is 1.56 bits per heavy atom. The highest BCUT2D eigenvalue weighted by molar-refractivity contribution is 7.86. The van der Waals surface area contributed by atoms with Crippen molar-refractivity contribution in [1.29, 1.82) is 0 Å². The van der Waals surface area contributed by atoms with Crippen LogP contribution < -0.4 is 0 Å². The normalized spacial score (nSPS) is 11.6. The fraction of sp³-hybridized carbons (Fsp3) is 0. The fourth-order valence-electron chi connectivity index (χ4n) is 3.42. The Morgan fingerprint density at radius 1 is 0.593 bits per heavy atom. The van der Waals surface area contributed by atoms with E-state index in [-0.39, 0.29) is 21.6 Å². The van der Waals surface area contributed by atoms with E-state index >= 15 is 0 Å². The lowest BCUT2D eigenvalue weighted by Gasteiger charge is -2.19. The molecule has 0 saturated carbocycles. The van der Waals surface area contributed by atoms with Crippen LogP contribution in [0.25, 0.3) is 33.0 Å². The second-order valence-corrected chi connectivity index (χ2v) is 7.54. The molecule has 4 nitrogen and oxygen atoms in total. The predicted molar refractivity (Wildman–Crippen MR) is 106 cm³/mol. The number of phenols is 1. The van der Waals surface area contributed by atoms with Crippen molar-refractivity contribution in [3.8, 4) is 28.0 Å². The van der Waals surface area contributed by atoms with Crippen LogP contribution in [0.15, 0.2) is 89.8 Å². The van der Waals surface area contributed by atoms with Gasteiger partial charge in [-0.05, 0) is 11.1 Å². The minimum Gasteiger partial charge on any atom is -0.507 e. The van der Waals surface area contributed by atoms with Gasteiger partial charge in [0, 0.05) is 21.9 Å². The Bertz CT molecular complexity index is 1230. The molecule has 0 aromatic heterocycles. The van der Waals surface area contributed by atoms with Crippen molar-refractivity contribution in [2.45, 2.75) is 4.90 Å². The van der Waals surface area contributed by atoms with Crippen LogP contribution in [0, 0.1) is 0 Å². The van der Waals surface area contributed by atoms with Crippen LogP contribution in [-0.4, -0.2) is 18.1 Å². The van der Waals surface area contributed by atoms with Crippen LogP contribution in [0.5, 0.6) is 5.75 Å². The summed E-state index contributed by atoms with van der Waals surface area (Å²) in [7, 11) is -4.57. The van der Waals surface area contributed by atoms with Gasteiger partial charge in [-0.1, -0.05) is 84.9 Å². The molecule has 4 rings (SSSR count). The smallest absolute Gasteiger partial charge is 0.295 e. The van der Waals surface area contributed by atoms with E-state index in [1.165, 1.54) is 0 Å². The van der Waals surface area contributed by atoms with E-state index in [1.54, 1.807) is 60.7 Å². The fourth-order valence-corrected chi connectivity index (χ4v) is 4.36. The van der Waals surface area contributed by atoms with Crippen molar-refractivity contribution >= 4 is 20.9 Å². The van der Waals surface area contributed by atoms with Gasteiger partial charge in [0.05, 0.1) is 0 Å².